The topological polar surface area (TPSA) is 51.5 Å². The average Bonchev–Trinajstić information content (AvgIpc) is 3.00. The summed E-state index contributed by atoms with van der Waals surface area (Å²) in [4.78, 5) is 12.4. The van der Waals surface area contributed by atoms with E-state index < -0.39 is 0 Å². The van der Waals surface area contributed by atoms with E-state index in [4.69, 9.17) is 4.74 Å². The number of aryl methyl sites for hydroxylation is 1. The molecule has 4 rings (SSSR count). The Labute approximate surface area is 126 Å². The molecule has 108 valence electrons. The number of carbonyl (C=O) groups is 1. The number of hydrogen-bond acceptors (Lipinski definition) is 3. The number of ketones is 1. The number of fused-ring (bicyclic) bond motifs is 2. The smallest absolute Gasteiger partial charge is 0.235 e. The lowest BCUT2D eigenvalue weighted by Crippen LogP contribution is -1.98. The van der Waals surface area contributed by atoms with Gasteiger partial charge in [-0.15, -0.1) is 0 Å². The van der Waals surface area contributed by atoms with Crippen LogP contribution in [0.15, 0.2) is 54.4 Å². The standard InChI is InChI=1S/C18H13NO3/c1-19-10-11(12-5-2-3-6-13(12)19)9-16-18(21)17-14(20)7-4-8-15(17)22-16/h2-10,20H,1H3/b16-9-. The minimum absolute atomic E-state index is 0.0520. The van der Waals surface area contributed by atoms with E-state index in [1.165, 1.54) is 6.07 Å². The van der Waals surface area contributed by atoms with E-state index in [1.54, 1.807) is 18.2 Å². The molecule has 1 aliphatic heterocycles. The van der Waals surface area contributed by atoms with Gasteiger partial charge < -0.3 is 14.4 Å². The van der Waals surface area contributed by atoms with Crippen LogP contribution in [0, 0.1) is 0 Å². The van der Waals surface area contributed by atoms with E-state index in [0.717, 1.165) is 16.5 Å². The van der Waals surface area contributed by atoms with Gasteiger partial charge in [-0.25, -0.2) is 0 Å². The van der Waals surface area contributed by atoms with Crippen LogP contribution in [0.2, 0.25) is 0 Å². The average molecular weight is 291 g/mol. The molecular weight excluding hydrogens is 278 g/mol. The lowest BCUT2D eigenvalue weighted by atomic mass is 10.1. The van der Waals surface area contributed by atoms with Crippen LogP contribution in [0.1, 0.15) is 15.9 Å². The number of nitrogens with zero attached hydrogens (tertiary/aromatic N) is 1. The van der Waals surface area contributed by atoms with Gasteiger partial charge in [-0.05, 0) is 24.3 Å². The summed E-state index contributed by atoms with van der Waals surface area (Å²) in [6.07, 6.45) is 3.68. The molecule has 0 radical (unpaired) electrons. The number of Topliss-reactive ketones (excluding diaryl/α,β-unsaturated/α-hetero) is 1. The first-order valence-electron chi connectivity index (χ1n) is 6.95. The summed E-state index contributed by atoms with van der Waals surface area (Å²) in [6, 6.07) is 12.8. The summed E-state index contributed by atoms with van der Waals surface area (Å²) in [5.41, 5.74) is 2.22. The molecule has 0 atom stereocenters. The third-order valence-electron chi connectivity index (χ3n) is 3.89. The van der Waals surface area contributed by atoms with Crippen molar-refractivity contribution in [3.05, 3.63) is 65.5 Å². The summed E-state index contributed by atoms with van der Waals surface area (Å²) in [7, 11) is 1.96. The molecule has 4 heteroatoms. The number of benzene rings is 2. The van der Waals surface area contributed by atoms with Crippen molar-refractivity contribution in [3.8, 4) is 11.5 Å². The number of hydrogen-bond donors (Lipinski definition) is 1. The molecule has 1 aliphatic rings. The molecule has 22 heavy (non-hydrogen) atoms. The Morgan fingerprint density at radius 1 is 1.14 bits per heavy atom. The second-order valence-corrected chi connectivity index (χ2v) is 5.30. The third kappa shape index (κ3) is 1.74. The van der Waals surface area contributed by atoms with Gasteiger partial charge in [-0.2, -0.15) is 0 Å². The summed E-state index contributed by atoms with van der Waals surface area (Å²) < 4.78 is 7.61. The first-order chi connectivity index (χ1) is 10.6. The Kier molecular flexibility index (Phi) is 2.60. The fourth-order valence-corrected chi connectivity index (χ4v) is 2.85. The van der Waals surface area contributed by atoms with Crippen molar-refractivity contribution in [2.75, 3.05) is 0 Å². The van der Waals surface area contributed by atoms with Gasteiger partial charge in [0, 0.05) is 29.7 Å². The van der Waals surface area contributed by atoms with Crippen LogP contribution in [0.4, 0.5) is 0 Å². The Hall–Kier alpha value is -3.01. The van der Waals surface area contributed by atoms with Crippen LogP contribution in [-0.2, 0) is 7.05 Å². The summed E-state index contributed by atoms with van der Waals surface area (Å²) >= 11 is 0. The predicted octanol–water partition coefficient (Wildman–Crippen LogP) is 3.50. The zero-order valence-electron chi connectivity index (χ0n) is 11.9. The van der Waals surface area contributed by atoms with Crippen LogP contribution in [0.25, 0.3) is 17.0 Å². The fraction of sp³-hybridized carbons (Fsp3) is 0.0556. The number of allylic oxidation sites excluding steroid dienone is 1. The largest absolute Gasteiger partial charge is 0.507 e. The highest BCUT2D eigenvalue weighted by molar-refractivity contribution is 6.16. The van der Waals surface area contributed by atoms with Crippen molar-refractivity contribution in [2.45, 2.75) is 0 Å². The number of phenols is 1. The zero-order chi connectivity index (χ0) is 15.3. The molecule has 0 saturated carbocycles. The van der Waals surface area contributed by atoms with E-state index in [-0.39, 0.29) is 22.9 Å². The highest BCUT2D eigenvalue weighted by atomic mass is 16.5. The van der Waals surface area contributed by atoms with Crippen molar-refractivity contribution in [2.24, 2.45) is 7.05 Å². The molecule has 1 aromatic heterocycles. The first-order valence-corrected chi connectivity index (χ1v) is 6.95. The van der Waals surface area contributed by atoms with Gasteiger partial charge in [-0.3, -0.25) is 4.79 Å². The maximum Gasteiger partial charge on any atom is 0.235 e. The van der Waals surface area contributed by atoms with E-state index in [0.29, 0.717) is 5.75 Å². The molecule has 4 nitrogen and oxygen atoms in total. The molecule has 3 aromatic rings. The Balaban J connectivity index is 1.85. The van der Waals surface area contributed by atoms with Crippen molar-refractivity contribution >= 4 is 22.8 Å². The molecule has 0 unspecified atom stereocenters. The molecule has 0 bridgehead atoms. The van der Waals surface area contributed by atoms with Gasteiger partial charge in [0.1, 0.15) is 17.1 Å². The normalized spacial score (nSPS) is 15.3. The Bertz CT molecular complexity index is 950. The van der Waals surface area contributed by atoms with Gasteiger partial charge in [-0.1, -0.05) is 24.3 Å². The highest BCUT2D eigenvalue weighted by Gasteiger charge is 2.30. The van der Waals surface area contributed by atoms with E-state index >= 15 is 0 Å². The van der Waals surface area contributed by atoms with Crippen molar-refractivity contribution < 1.29 is 14.6 Å². The van der Waals surface area contributed by atoms with Gasteiger partial charge in [0.05, 0.1) is 0 Å². The summed E-state index contributed by atoms with van der Waals surface area (Å²) in [5, 5.41) is 10.9. The zero-order valence-corrected chi connectivity index (χ0v) is 11.9. The van der Waals surface area contributed by atoms with E-state index in [1.807, 2.05) is 42.1 Å². The minimum Gasteiger partial charge on any atom is -0.507 e. The number of phenolic OH excluding ortho intramolecular Hbond substituents is 1. The molecule has 0 fully saturated rings. The summed E-state index contributed by atoms with van der Waals surface area (Å²) in [6.45, 7) is 0. The minimum atomic E-state index is -0.291. The first kappa shape index (κ1) is 12.7. The molecule has 0 spiro atoms. The van der Waals surface area contributed by atoms with Gasteiger partial charge in [0.25, 0.3) is 0 Å². The Morgan fingerprint density at radius 3 is 2.77 bits per heavy atom. The number of ether oxygens (including phenoxy) is 1. The predicted molar refractivity (Wildman–Crippen MR) is 84.0 cm³/mol. The summed E-state index contributed by atoms with van der Waals surface area (Å²) in [5.74, 6) is 0.286. The van der Waals surface area contributed by atoms with Crippen LogP contribution in [0.3, 0.4) is 0 Å². The van der Waals surface area contributed by atoms with Gasteiger partial charge in [0.15, 0.2) is 5.76 Å². The monoisotopic (exact) mass is 291 g/mol. The van der Waals surface area contributed by atoms with Crippen LogP contribution in [0.5, 0.6) is 11.5 Å². The fourth-order valence-electron chi connectivity index (χ4n) is 2.85. The number of aromatic hydroxyl groups is 1. The van der Waals surface area contributed by atoms with Crippen LogP contribution < -0.4 is 4.74 Å². The maximum atomic E-state index is 12.4. The number of rotatable bonds is 1. The lowest BCUT2D eigenvalue weighted by molar-refractivity contribution is 0.101. The van der Waals surface area contributed by atoms with Crippen molar-refractivity contribution in [1.82, 2.24) is 4.57 Å². The number of carbonyl (C=O) groups excluding carboxylic acids is 1. The number of aromatic nitrogens is 1. The number of para-hydroxylation sites is 1. The Morgan fingerprint density at radius 2 is 1.95 bits per heavy atom. The molecule has 0 aliphatic carbocycles. The molecular formula is C18H13NO3. The lowest BCUT2D eigenvalue weighted by Gasteiger charge is -1.97. The van der Waals surface area contributed by atoms with Crippen LogP contribution in [-0.4, -0.2) is 15.5 Å². The van der Waals surface area contributed by atoms with Crippen molar-refractivity contribution in [1.29, 1.82) is 0 Å². The second-order valence-electron chi connectivity index (χ2n) is 5.30. The quantitative estimate of drug-likeness (QED) is 0.698. The van der Waals surface area contributed by atoms with Gasteiger partial charge in [0.2, 0.25) is 5.78 Å². The van der Waals surface area contributed by atoms with Crippen molar-refractivity contribution in [3.63, 3.8) is 0 Å². The van der Waals surface area contributed by atoms with Gasteiger partial charge >= 0.3 is 0 Å². The molecule has 2 heterocycles. The molecule has 0 saturated heterocycles. The SMILES string of the molecule is Cn1cc(/C=C2\Oc3cccc(O)c3C2=O)c2ccccc21. The second kappa shape index (κ2) is 4.49. The van der Waals surface area contributed by atoms with E-state index in [9.17, 15) is 9.90 Å². The molecule has 1 N–H and O–H groups in total. The van der Waals surface area contributed by atoms with Crippen LogP contribution >= 0.6 is 0 Å². The maximum absolute atomic E-state index is 12.4. The highest BCUT2D eigenvalue weighted by Crippen LogP contribution is 2.37. The molecule has 0 amide bonds. The van der Waals surface area contributed by atoms with E-state index in [2.05, 4.69) is 0 Å². The molecule has 2 aromatic carbocycles. The third-order valence-corrected chi connectivity index (χ3v) is 3.89.